The highest BCUT2D eigenvalue weighted by atomic mass is 32.2. The minimum atomic E-state index is -0.259. The molecule has 0 aliphatic carbocycles. The monoisotopic (exact) mass is 410 g/mol. The quantitative estimate of drug-likeness (QED) is 0.525. The number of aromatic nitrogens is 3. The summed E-state index contributed by atoms with van der Waals surface area (Å²) >= 11 is 1.43. The number of rotatable bonds is 8. The molecule has 0 saturated heterocycles. The molecule has 0 saturated carbocycles. The summed E-state index contributed by atoms with van der Waals surface area (Å²) in [5.41, 5.74) is 2.08. The van der Waals surface area contributed by atoms with Crippen LogP contribution in [0.1, 0.15) is 19.4 Å². The molecule has 0 spiro atoms. The van der Waals surface area contributed by atoms with Crippen molar-refractivity contribution in [2.75, 3.05) is 13.7 Å². The highest BCUT2D eigenvalue weighted by molar-refractivity contribution is 8.00. The third-order valence-corrected chi connectivity index (χ3v) is 5.84. The van der Waals surface area contributed by atoms with Gasteiger partial charge in [-0.3, -0.25) is 4.79 Å². The van der Waals surface area contributed by atoms with E-state index in [9.17, 15) is 4.79 Å². The summed E-state index contributed by atoms with van der Waals surface area (Å²) in [6.07, 6.45) is 0. The van der Waals surface area contributed by atoms with Crippen LogP contribution in [0.3, 0.4) is 0 Å². The zero-order valence-electron chi connectivity index (χ0n) is 17.2. The van der Waals surface area contributed by atoms with Crippen LogP contribution in [0.25, 0.3) is 11.4 Å². The van der Waals surface area contributed by atoms with Gasteiger partial charge in [-0.2, -0.15) is 0 Å². The van der Waals surface area contributed by atoms with Gasteiger partial charge < -0.3 is 14.2 Å². The number of amides is 1. The van der Waals surface area contributed by atoms with E-state index >= 15 is 0 Å². The maximum absolute atomic E-state index is 13.0. The fourth-order valence-corrected chi connectivity index (χ4v) is 3.92. The summed E-state index contributed by atoms with van der Waals surface area (Å²) < 4.78 is 7.13. The van der Waals surface area contributed by atoms with E-state index in [1.165, 1.54) is 11.8 Å². The van der Waals surface area contributed by atoms with Gasteiger partial charge in [0, 0.05) is 25.7 Å². The van der Waals surface area contributed by atoms with Crippen molar-refractivity contribution in [3.63, 3.8) is 0 Å². The summed E-state index contributed by atoms with van der Waals surface area (Å²) in [6, 6.07) is 17.7. The molecule has 29 heavy (non-hydrogen) atoms. The number of ether oxygens (including phenoxy) is 1. The van der Waals surface area contributed by atoms with Gasteiger partial charge >= 0.3 is 0 Å². The third kappa shape index (κ3) is 4.98. The van der Waals surface area contributed by atoms with Gasteiger partial charge in [0.2, 0.25) is 5.91 Å². The molecule has 0 aliphatic heterocycles. The lowest BCUT2D eigenvalue weighted by molar-refractivity contribution is -0.130. The maximum Gasteiger partial charge on any atom is 0.236 e. The average Bonchev–Trinajstić information content (AvgIpc) is 3.12. The first-order chi connectivity index (χ1) is 14.0. The molecule has 2 aromatic carbocycles. The number of carbonyl (C=O) groups is 1. The van der Waals surface area contributed by atoms with Gasteiger partial charge in [-0.05, 0) is 43.7 Å². The standard InChI is InChI=1S/C22H26N4O2S/c1-5-26(15-17-9-7-6-8-10-17)21(27)16(2)29-22-24-23-20(25(22)3)18-11-13-19(28-4)14-12-18/h6-14,16H,5,15H2,1-4H3. The molecule has 1 amide bonds. The molecule has 6 nitrogen and oxygen atoms in total. The number of thioether (sulfide) groups is 1. The fourth-order valence-electron chi connectivity index (χ4n) is 3.02. The van der Waals surface area contributed by atoms with E-state index in [0.717, 1.165) is 22.7 Å². The Bertz CT molecular complexity index is 941. The third-order valence-electron chi connectivity index (χ3n) is 4.72. The minimum absolute atomic E-state index is 0.0929. The molecule has 1 heterocycles. The van der Waals surface area contributed by atoms with Gasteiger partial charge in [0.25, 0.3) is 0 Å². The predicted octanol–water partition coefficient (Wildman–Crippen LogP) is 4.02. The molecule has 1 unspecified atom stereocenters. The molecule has 3 aromatic rings. The van der Waals surface area contributed by atoms with E-state index in [4.69, 9.17) is 4.74 Å². The number of hydrogen-bond acceptors (Lipinski definition) is 5. The van der Waals surface area contributed by atoms with E-state index in [2.05, 4.69) is 10.2 Å². The van der Waals surface area contributed by atoms with Crippen molar-refractivity contribution in [1.82, 2.24) is 19.7 Å². The van der Waals surface area contributed by atoms with Gasteiger partial charge in [-0.15, -0.1) is 10.2 Å². The van der Waals surface area contributed by atoms with Crippen LogP contribution in [0.5, 0.6) is 5.75 Å². The van der Waals surface area contributed by atoms with Crippen LogP contribution < -0.4 is 4.74 Å². The molecule has 0 aliphatic rings. The average molecular weight is 411 g/mol. The molecule has 152 valence electrons. The summed E-state index contributed by atoms with van der Waals surface area (Å²) in [5.74, 6) is 1.64. The van der Waals surface area contributed by atoms with E-state index in [-0.39, 0.29) is 11.2 Å². The highest BCUT2D eigenvalue weighted by Crippen LogP contribution is 2.27. The molecule has 0 bridgehead atoms. The smallest absolute Gasteiger partial charge is 0.236 e. The topological polar surface area (TPSA) is 60.3 Å². The van der Waals surface area contributed by atoms with Gasteiger partial charge in [-0.25, -0.2) is 0 Å². The number of nitrogens with zero attached hydrogens (tertiary/aromatic N) is 4. The zero-order valence-corrected chi connectivity index (χ0v) is 18.0. The van der Waals surface area contributed by atoms with Gasteiger partial charge in [0.15, 0.2) is 11.0 Å². The van der Waals surface area contributed by atoms with Gasteiger partial charge in [0.05, 0.1) is 12.4 Å². The first-order valence-corrected chi connectivity index (χ1v) is 10.4. The van der Waals surface area contributed by atoms with Crippen molar-refractivity contribution < 1.29 is 9.53 Å². The Balaban J connectivity index is 1.70. The first kappa shape index (κ1) is 20.9. The van der Waals surface area contributed by atoms with Crippen molar-refractivity contribution >= 4 is 17.7 Å². The molecule has 7 heteroatoms. The Morgan fingerprint density at radius 3 is 2.45 bits per heavy atom. The molecule has 0 radical (unpaired) electrons. The second-order valence-electron chi connectivity index (χ2n) is 6.69. The normalized spacial score (nSPS) is 11.9. The fraction of sp³-hybridized carbons (Fsp3) is 0.318. The van der Waals surface area contributed by atoms with Crippen LogP contribution in [0.2, 0.25) is 0 Å². The number of hydrogen-bond donors (Lipinski definition) is 0. The summed E-state index contributed by atoms with van der Waals surface area (Å²) in [6.45, 7) is 5.19. The second-order valence-corrected chi connectivity index (χ2v) is 8.00. The molecular weight excluding hydrogens is 384 g/mol. The van der Waals surface area contributed by atoms with Crippen molar-refractivity contribution in [2.45, 2.75) is 30.8 Å². The van der Waals surface area contributed by atoms with Crippen LogP contribution in [-0.4, -0.2) is 44.5 Å². The zero-order chi connectivity index (χ0) is 20.8. The van der Waals surface area contributed by atoms with Crippen LogP contribution in [0.4, 0.5) is 0 Å². The SMILES string of the molecule is CCN(Cc1ccccc1)C(=O)C(C)Sc1nnc(-c2ccc(OC)cc2)n1C. The Morgan fingerprint density at radius 2 is 1.83 bits per heavy atom. The van der Waals surface area contributed by atoms with Gasteiger partial charge in [-0.1, -0.05) is 42.1 Å². The highest BCUT2D eigenvalue weighted by Gasteiger charge is 2.23. The van der Waals surface area contributed by atoms with E-state index in [1.54, 1.807) is 7.11 Å². The lowest BCUT2D eigenvalue weighted by Gasteiger charge is -2.24. The lowest BCUT2D eigenvalue weighted by Crippen LogP contribution is -2.36. The molecule has 0 N–H and O–H groups in total. The molecule has 1 aromatic heterocycles. The maximum atomic E-state index is 13.0. The number of carbonyl (C=O) groups excluding carboxylic acids is 1. The van der Waals surface area contributed by atoms with Crippen molar-refractivity contribution in [3.05, 3.63) is 60.2 Å². The van der Waals surface area contributed by atoms with Gasteiger partial charge in [0.1, 0.15) is 5.75 Å². The van der Waals surface area contributed by atoms with E-state index < -0.39 is 0 Å². The first-order valence-electron chi connectivity index (χ1n) is 9.56. The van der Waals surface area contributed by atoms with Crippen molar-refractivity contribution in [3.8, 4) is 17.1 Å². The summed E-state index contributed by atoms with van der Waals surface area (Å²) in [4.78, 5) is 14.8. The Morgan fingerprint density at radius 1 is 1.14 bits per heavy atom. The number of methoxy groups -OCH3 is 1. The Hall–Kier alpha value is -2.80. The van der Waals surface area contributed by atoms with Crippen LogP contribution in [-0.2, 0) is 18.4 Å². The molecule has 1 atom stereocenters. The van der Waals surface area contributed by atoms with E-state index in [1.807, 2.05) is 85.0 Å². The van der Waals surface area contributed by atoms with Crippen LogP contribution in [0, 0.1) is 0 Å². The Kier molecular flexibility index (Phi) is 6.93. The van der Waals surface area contributed by atoms with Crippen LogP contribution >= 0.6 is 11.8 Å². The summed E-state index contributed by atoms with van der Waals surface area (Å²) in [7, 11) is 3.56. The minimum Gasteiger partial charge on any atom is -0.497 e. The summed E-state index contributed by atoms with van der Waals surface area (Å²) in [5, 5.41) is 9.07. The predicted molar refractivity (Wildman–Crippen MR) is 116 cm³/mol. The largest absolute Gasteiger partial charge is 0.497 e. The lowest BCUT2D eigenvalue weighted by atomic mass is 10.2. The molecule has 3 rings (SSSR count). The van der Waals surface area contributed by atoms with Crippen molar-refractivity contribution in [2.24, 2.45) is 7.05 Å². The molecule has 0 fully saturated rings. The van der Waals surface area contributed by atoms with Crippen molar-refractivity contribution in [1.29, 1.82) is 0 Å². The molecular formula is C22H26N4O2S. The van der Waals surface area contributed by atoms with Crippen LogP contribution in [0.15, 0.2) is 59.8 Å². The number of benzene rings is 2. The second kappa shape index (κ2) is 9.60. The van der Waals surface area contributed by atoms with E-state index in [0.29, 0.717) is 18.2 Å². The Labute approximate surface area is 175 Å².